The molecule has 0 aromatic heterocycles. The molecule has 5 nitrogen and oxygen atoms in total. The van der Waals surface area contributed by atoms with E-state index < -0.39 is 5.91 Å². The zero-order chi connectivity index (χ0) is 17.7. The molecule has 0 fully saturated rings. The van der Waals surface area contributed by atoms with Gasteiger partial charge in [-0.15, -0.1) is 0 Å². The lowest BCUT2D eigenvalue weighted by molar-refractivity contribution is -0.123. The summed E-state index contributed by atoms with van der Waals surface area (Å²) in [5, 5.41) is 14.4. The summed E-state index contributed by atoms with van der Waals surface area (Å²) in [4.78, 5) is 11.7. The van der Waals surface area contributed by atoms with Crippen LogP contribution in [0, 0.1) is 7.14 Å². The number of nitrogens with zero attached hydrogens (tertiary/aromatic N) is 1. The van der Waals surface area contributed by atoms with Crippen LogP contribution < -0.4 is 10.2 Å². The van der Waals surface area contributed by atoms with Crippen LogP contribution >= 0.6 is 68.4 Å². The van der Waals surface area contributed by atoms with E-state index in [0.717, 1.165) is 5.56 Å². The van der Waals surface area contributed by atoms with E-state index in [1.54, 1.807) is 24.3 Å². The van der Waals surface area contributed by atoms with E-state index in [2.05, 4.69) is 10.5 Å². The summed E-state index contributed by atoms with van der Waals surface area (Å²) in [5.41, 5.74) is 3.11. The third-order valence-corrected chi connectivity index (χ3v) is 4.87. The smallest absolute Gasteiger partial charge is 0.277 e. The maximum Gasteiger partial charge on any atom is 0.277 e. The largest absolute Gasteiger partial charge is 0.506 e. The van der Waals surface area contributed by atoms with Crippen LogP contribution in [0.2, 0.25) is 10.0 Å². The standard InChI is InChI=1S/C15H10Cl2I2N2O3/c16-9-1-2-13(10(17)5-9)24-7-14(22)21-20-6-8-3-11(18)15(23)12(19)4-8/h1-6,23H,7H2,(H,21,22)/b20-6+. The van der Waals surface area contributed by atoms with Crippen LogP contribution in [-0.2, 0) is 4.79 Å². The second kappa shape index (κ2) is 9.07. The minimum Gasteiger partial charge on any atom is -0.506 e. The fourth-order valence-corrected chi connectivity index (χ4v) is 3.89. The van der Waals surface area contributed by atoms with Crippen LogP contribution in [-0.4, -0.2) is 23.8 Å². The van der Waals surface area contributed by atoms with Crippen molar-refractivity contribution in [3.8, 4) is 11.5 Å². The van der Waals surface area contributed by atoms with Crippen molar-refractivity contribution >= 4 is 80.5 Å². The Labute approximate surface area is 175 Å². The molecule has 0 spiro atoms. The van der Waals surface area contributed by atoms with Crippen LogP contribution in [0.15, 0.2) is 35.4 Å². The van der Waals surface area contributed by atoms with Crippen LogP contribution in [0.25, 0.3) is 0 Å². The van der Waals surface area contributed by atoms with Gasteiger partial charge in [-0.05, 0) is 81.1 Å². The summed E-state index contributed by atoms with van der Waals surface area (Å²) < 4.78 is 6.70. The van der Waals surface area contributed by atoms with Crippen molar-refractivity contribution in [3.63, 3.8) is 0 Å². The summed E-state index contributed by atoms with van der Waals surface area (Å²) in [6.45, 7) is -0.233. The van der Waals surface area contributed by atoms with Crippen molar-refractivity contribution in [2.24, 2.45) is 5.10 Å². The van der Waals surface area contributed by atoms with Gasteiger partial charge >= 0.3 is 0 Å². The monoisotopic (exact) mass is 590 g/mol. The number of hydrazone groups is 1. The van der Waals surface area contributed by atoms with Gasteiger partial charge in [-0.2, -0.15) is 5.10 Å². The first-order valence-corrected chi connectivity index (χ1v) is 9.36. The van der Waals surface area contributed by atoms with E-state index in [1.807, 2.05) is 45.2 Å². The molecule has 126 valence electrons. The Kier molecular flexibility index (Phi) is 7.38. The number of amides is 1. The minimum absolute atomic E-state index is 0.227. The lowest BCUT2D eigenvalue weighted by Gasteiger charge is -2.07. The second-order valence-corrected chi connectivity index (χ2v) is 7.66. The zero-order valence-corrected chi connectivity index (χ0v) is 17.7. The number of carbonyl (C=O) groups excluding carboxylic acids is 1. The van der Waals surface area contributed by atoms with Gasteiger partial charge in [-0.25, -0.2) is 5.43 Å². The molecular formula is C15H10Cl2I2N2O3. The van der Waals surface area contributed by atoms with Crippen LogP contribution in [0.4, 0.5) is 0 Å². The van der Waals surface area contributed by atoms with E-state index in [9.17, 15) is 9.90 Å². The van der Waals surface area contributed by atoms with Gasteiger partial charge in [-0.3, -0.25) is 4.79 Å². The Morgan fingerprint density at radius 3 is 2.54 bits per heavy atom. The van der Waals surface area contributed by atoms with Crippen molar-refractivity contribution in [2.45, 2.75) is 0 Å². The summed E-state index contributed by atoms with van der Waals surface area (Å²) in [6.07, 6.45) is 1.48. The average molecular weight is 591 g/mol. The Balaban J connectivity index is 1.89. The average Bonchev–Trinajstić information content (AvgIpc) is 2.51. The zero-order valence-electron chi connectivity index (χ0n) is 11.9. The van der Waals surface area contributed by atoms with Crippen molar-refractivity contribution in [1.82, 2.24) is 5.43 Å². The molecule has 1 amide bonds. The molecule has 2 N–H and O–H groups in total. The number of hydrogen-bond donors (Lipinski definition) is 2. The Bertz CT molecular complexity index is 777. The van der Waals surface area contributed by atoms with Crippen LogP contribution in [0.3, 0.4) is 0 Å². The number of halogens is 4. The molecular weight excluding hydrogens is 581 g/mol. The first-order valence-electron chi connectivity index (χ1n) is 6.44. The Morgan fingerprint density at radius 1 is 1.25 bits per heavy atom. The quantitative estimate of drug-likeness (QED) is 0.307. The molecule has 0 heterocycles. The number of phenolic OH excluding ortho intramolecular Hbond substituents is 1. The Morgan fingerprint density at radius 2 is 1.92 bits per heavy atom. The molecule has 0 aliphatic heterocycles. The Hall–Kier alpha value is -0.780. The van der Waals surface area contributed by atoms with Gasteiger partial charge in [0.1, 0.15) is 11.5 Å². The highest BCUT2D eigenvalue weighted by atomic mass is 127. The topological polar surface area (TPSA) is 70.9 Å². The number of ether oxygens (including phenoxy) is 1. The normalized spacial score (nSPS) is 10.8. The molecule has 2 aromatic carbocycles. The molecule has 0 aliphatic rings. The fraction of sp³-hybridized carbons (Fsp3) is 0.0667. The molecule has 9 heteroatoms. The molecule has 0 saturated carbocycles. The number of rotatable bonds is 5. The molecule has 2 rings (SSSR count). The lowest BCUT2D eigenvalue weighted by atomic mass is 10.2. The number of nitrogens with one attached hydrogen (secondary N) is 1. The predicted octanol–water partition coefficient (Wildman–Crippen LogP) is 4.44. The number of aromatic hydroxyl groups is 1. The van der Waals surface area contributed by atoms with Crippen molar-refractivity contribution < 1.29 is 14.6 Å². The van der Waals surface area contributed by atoms with Gasteiger partial charge in [0.25, 0.3) is 5.91 Å². The summed E-state index contributed by atoms with van der Waals surface area (Å²) in [5.74, 6) is 0.161. The lowest BCUT2D eigenvalue weighted by Crippen LogP contribution is -2.24. The molecule has 0 atom stereocenters. The first kappa shape index (κ1) is 19.5. The third kappa shape index (κ3) is 5.64. The number of hydrogen-bond acceptors (Lipinski definition) is 4. The van der Waals surface area contributed by atoms with Gasteiger partial charge in [-0.1, -0.05) is 23.2 Å². The van der Waals surface area contributed by atoms with E-state index in [0.29, 0.717) is 22.9 Å². The minimum atomic E-state index is -0.430. The van der Waals surface area contributed by atoms with E-state index >= 15 is 0 Å². The SMILES string of the molecule is O=C(COc1ccc(Cl)cc1Cl)N/N=C/c1cc(I)c(O)c(I)c1. The molecule has 0 saturated heterocycles. The molecule has 0 radical (unpaired) electrons. The van der Waals surface area contributed by atoms with Crippen molar-refractivity contribution in [3.05, 3.63) is 53.1 Å². The molecule has 0 aliphatic carbocycles. The van der Waals surface area contributed by atoms with Gasteiger partial charge < -0.3 is 9.84 Å². The van der Waals surface area contributed by atoms with E-state index in [4.69, 9.17) is 27.9 Å². The van der Waals surface area contributed by atoms with Gasteiger partial charge in [0, 0.05) is 5.02 Å². The molecule has 24 heavy (non-hydrogen) atoms. The highest BCUT2D eigenvalue weighted by Gasteiger charge is 2.07. The summed E-state index contributed by atoms with van der Waals surface area (Å²) >= 11 is 15.8. The molecule has 2 aromatic rings. The van der Waals surface area contributed by atoms with Gasteiger partial charge in [0.05, 0.1) is 18.4 Å². The third-order valence-electron chi connectivity index (χ3n) is 2.69. The maximum absolute atomic E-state index is 11.7. The van der Waals surface area contributed by atoms with Crippen LogP contribution in [0.5, 0.6) is 11.5 Å². The van der Waals surface area contributed by atoms with Crippen LogP contribution in [0.1, 0.15) is 5.56 Å². The van der Waals surface area contributed by atoms with Gasteiger partial charge in [0.2, 0.25) is 0 Å². The number of benzene rings is 2. The maximum atomic E-state index is 11.7. The highest BCUT2D eigenvalue weighted by molar-refractivity contribution is 14.1. The predicted molar refractivity (Wildman–Crippen MR) is 111 cm³/mol. The molecule has 0 unspecified atom stereocenters. The highest BCUT2D eigenvalue weighted by Crippen LogP contribution is 2.27. The first-order chi connectivity index (χ1) is 11.4. The van der Waals surface area contributed by atoms with Crippen molar-refractivity contribution in [2.75, 3.05) is 6.61 Å². The van der Waals surface area contributed by atoms with Gasteiger partial charge in [0.15, 0.2) is 6.61 Å². The number of carbonyl (C=O) groups is 1. The summed E-state index contributed by atoms with van der Waals surface area (Å²) in [6, 6.07) is 8.23. The van der Waals surface area contributed by atoms with E-state index in [1.165, 1.54) is 12.3 Å². The fourth-order valence-electron chi connectivity index (χ4n) is 1.61. The van der Waals surface area contributed by atoms with Crippen molar-refractivity contribution in [1.29, 1.82) is 0 Å². The van der Waals surface area contributed by atoms with E-state index in [-0.39, 0.29) is 12.4 Å². The number of phenols is 1. The molecule has 0 bridgehead atoms. The summed E-state index contributed by atoms with van der Waals surface area (Å²) in [7, 11) is 0. The second-order valence-electron chi connectivity index (χ2n) is 4.49.